The summed E-state index contributed by atoms with van der Waals surface area (Å²) in [5.74, 6) is 0.747. The first-order chi connectivity index (χ1) is 10.2. The Bertz CT molecular complexity index is 755. The van der Waals surface area contributed by atoms with Crippen LogP contribution in [0.25, 0.3) is 10.8 Å². The van der Waals surface area contributed by atoms with Gasteiger partial charge in [0, 0.05) is 5.69 Å². The van der Waals surface area contributed by atoms with Gasteiger partial charge in [-0.2, -0.15) is 0 Å². The van der Waals surface area contributed by atoms with E-state index in [0.29, 0.717) is 5.69 Å². The average molecular weight is 279 g/mol. The van der Waals surface area contributed by atoms with Crippen molar-refractivity contribution in [1.29, 1.82) is 0 Å². The molecule has 1 atom stereocenters. The second kappa shape index (κ2) is 5.85. The number of benzene rings is 3. The first-order valence-electron chi connectivity index (χ1n) is 6.87. The standard InChI is InChI=1S/C18H17NO2/c19-16-7-3-6-15(10-16)18(20)12-21-17-9-8-13-4-1-2-5-14(13)11-17/h1-11,18,20H,12,19H2. The molecule has 1 unspecified atom stereocenters. The maximum absolute atomic E-state index is 10.1. The molecule has 0 aliphatic heterocycles. The van der Waals surface area contributed by atoms with Crippen LogP contribution in [0.15, 0.2) is 66.7 Å². The number of rotatable bonds is 4. The smallest absolute Gasteiger partial charge is 0.120 e. The number of fused-ring (bicyclic) bond motifs is 1. The second-order valence-electron chi connectivity index (χ2n) is 5.01. The number of nitrogens with two attached hydrogens (primary N) is 1. The molecule has 0 aromatic heterocycles. The Morgan fingerprint density at radius 1 is 0.905 bits per heavy atom. The van der Waals surface area contributed by atoms with E-state index >= 15 is 0 Å². The molecule has 0 amide bonds. The summed E-state index contributed by atoms with van der Waals surface area (Å²) in [5, 5.41) is 12.4. The minimum atomic E-state index is -0.694. The predicted molar refractivity (Wildman–Crippen MR) is 85.3 cm³/mol. The summed E-state index contributed by atoms with van der Waals surface area (Å²) in [6.45, 7) is 0.196. The molecule has 3 nitrogen and oxygen atoms in total. The first-order valence-corrected chi connectivity index (χ1v) is 6.87. The Labute approximate surface area is 123 Å². The summed E-state index contributed by atoms with van der Waals surface area (Å²) in [6.07, 6.45) is -0.694. The normalized spacial score (nSPS) is 12.2. The molecule has 106 valence electrons. The molecular formula is C18H17NO2. The Hall–Kier alpha value is -2.52. The number of aliphatic hydroxyl groups is 1. The lowest BCUT2D eigenvalue weighted by Crippen LogP contribution is -2.09. The van der Waals surface area contributed by atoms with Crippen molar-refractivity contribution in [1.82, 2.24) is 0 Å². The molecule has 0 bridgehead atoms. The van der Waals surface area contributed by atoms with Crippen molar-refractivity contribution in [2.45, 2.75) is 6.10 Å². The van der Waals surface area contributed by atoms with Crippen LogP contribution in [0.5, 0.6) is 5.75 Å². The van der Waals surface area contributed by atoms with Crippen molar-refractivity contribution in [3.8, 4) is 5.75 Å². The van der Waals surface area contributed by atoms with Gasteiger partial charge in [0.1, 0.15) is 18.5 Å². The monoisotopic (exact) mass is 279 g/mol. The van der Waals surface area contributed by atoms with Crippen molar-refractivity contribution in [2.24, 2.45) is 0 Å². The zero-order valence-electron chi connectivity index (χ0n) is 11.6. The van der Waals surface area contributed by atoms with Gasteiger partial charge < -0.3 is 15.6 Å². The summed E-state index contributed by atoms with van der Waals surface area (Å²) in [7, 11) is 0. The quantitative estimate of drug-likeness (QED) is 0.718. The van der Waals surface area contributed by atoms with Crippen LogP contribution in [0.1, 0.15) is 11.7 Å². The molecule has 0 aliphatic rings. The third-order valence-corrected chi connectivity index (χ3v) is 3.42. The molecule has 3 rings (SSSR count). The highest BCUT2D eigenvalue weighted by molar-refractivity contribution is 5.83. The summed E-state index contributed by atoms with van der Waals surface area (Å²) < 4.78 is 5.68. The minimum absolute atomic E-state index is 0.196. The van der Waals surface area contributed by atoms with Gasteiger partial charge >= 0.3 is 0 Å². The highest BCUT2D eigenvalue weighted by atomic mass is 16.5. The van der Waals surface area contributed by atoms with Gasteiger partial charge in [-0.1, -0.05) is 42.5 Å². The van der Waals surface area contributed by atoms with E-state index in [0.717, 1.165) is 16.7 Å². The third-order valence-electron chi connectivity index (χ3n) is 3.42. The lowest BCUT2D eigenvalue weighted by atomic mass is 10.1. The minimum Gasteiger partial charge on any atom is -0.491 e. The molecule has 0 aliphatic carbocycles. The van der Waals surface area contributed by atoms with Crippen LogP contribution < -0.4 is 10.5 Å². The fraction of sp³-hybridized carbons (Fsp3) is 0.111. The highest BCUT2D eigenvalue weighted by Crippen LogP contribution is 2.22. The van der Waals surface area contributed by atoms with Crippen LogP contribution in [0.2, 0.25) is 0 Å². The molecule has 0 spiro atoms. The zero-order valence-corrected chi connectivity index (χ0v) is 11.6. The van der Waals surface area contributed by atoms with Gasteiger partial charge in [-0.15, -0.1) is 0 Å². The third kappa shape index (κ3) is 3.15. The van der Waals surface area contributed by atoms with Crippen LogP contribution in [0, 0.1) is 0 Å². The van der Waals surface area contributed by atoms with Gasteiger partial charge in [0.05, 0.1) is 0 Å². The van der Waals surface area contributed by atoms with E-state index in [1.807, 2.05) is 48.5 Å². The van der Waals surface area contributed by atoms with Gasteiger partial charge in [-0.05, 0) is 40.6 Å². The SMILES string of the molecule is Nc1cccc(C(O)COc2ccc3ccccc3c2)c1. The highest BCUT2D eigenvalue weighted by Gasteiger charge is 2.09. The molecule has 3 heteroatoms. The summed E-state index contributed by atoms with van der Waals surface area (Å²) in [4.78, 5) is 0. The van der Waals surface area contributed by atoms with Gasteiger partial charge in [0.2, 0.25) is 0 Å². The second-order valence-corrected chi connectivity index (χ2v) is 5.01. The molecule has 0 saturated carbocycles. The fourth-order valence-corrected chi connectivity index (χ4v) is 2.29. The van der Waals surface area contributed by atoms with Crippen LogP contribution in [-0.2, 0) is 0 Å². The maximum Gasteiger partial charge on any atom is 0.120 e. The van der Waals surface area contributed by atoms with Crippen molar-refractivity contribution < 1.29 is 9.84 Å². The molecule has 0 fully saturated rings. The number of hydrogen-bond donors (Lipinski definition) is 2. The van der Waals surface area contributed by atoms with Crippen molar-refractivity contribution in [3.63, 3.8) is 0 Å². The lowest BCUT2D eigenvalue weighted by molar-refractivity contribution is 0.108. The topological polar surface area (TPSA) is 55.5 Å². The molecule has 21 heavy (non-hydrogen) atoms. The molecule has 0 radical (unpaired) electrons. The van der Waals surface area contributed by atoms with E-state index in [-0.39, 0.29) is 6.61 Å². The van der Waals surface area contributed by atoms with Crippen LogP contribution in [0.4, 0.5) is 5.69 Å². The number of aliphatic hydroxyl groups excluding tert-OH is 1. The van der Waals surface area contributed by atoms with Crippen LogP contribution >= 0.6 is 0 Å². The van der Waals surface area contributed by atoms with E-state index < -0.39 is 6.10 Å². The number of hydrogen-bond acceptors (Lipinski definition) is 3. The van der Waals surface area contributed by atoms with E-state index in [9.17, 15) is 5.11 Å². The molecule has 3 N–H and O–H groups in total. The molecule has 0 saturated heterocycles. The van der Waals surface area contributed by atoms with Crippen molar-refractivity contribution in [3.05, 3.63) is 72.3 Å². The fourth-order valence-electron chi connectivity index (χ4n) is 2.29. The van der Waals surface area contributed by atoms with Gasteiger partial charge in [0.25, 0.3) is 0 Å². The number of ether oxygens (including phenoxy) is 1. The Balaban J connectivity index is 1.71. The predicted octanol–water partition coefficient (Wildman–Crippen LogP) is 3.53. The average Bonchev–Trinajstić information content (AvgIpc) is 2.52. The largest absolute Gasteiger partial charge is 0.491 e. The Morgan fingerprint density at radius 3 is 2.52 bits per heavy atom. The van der Waals surface area contributed by atoms with Crippen molar-refractivity contribution >= 4 is 16.5 Å². The molecular weight excluding hydrogens is 262 g/mol. The molecule has 3 aromatic rings. The Morgan fingerprint density at radius 2 is 1.71 bits per heavy atom. The van der Waals surface area contributed by atoms with E-state index in [1.54, 1.807) is 12.1 Å². The molecule has 3 aromatic carbocycles. The van der Waals surface area contributed by atoms with E-state index in [2.05, 4.69) is 6.07 Å². The number of nitrogen functional groups attached to an aromatic ring is 1. The number of anilines is 1. The van der Waals surface area contributed by atoms with E-state index in [1.165, 1.54) is 5.39 Å². The summed E-state index contributed by atoms with van der Waals surface area (Å²) >= 11 is 0. The van der Waals surface area contributed by atoms with Gasteiger partial charge in [-0.3, -0.25) is 0 Å². The molecule has 0 heterocycles. The van der Waals surface area contributed by atoms with Crippen LogP contribution in [-0.4, -0.2) is 11.7 Å². The zero-order chi connectivity index (χ0) is 14.7. The van der Waals surface area contributed by atoms with Crippen molar-refractivity contribution in [2.75, 3.05) is 12.3 Å². The lowest BCUT2D eigenvalue weighted by Gasteiger charge is -2.13. The Kier molecular flexibility index (Phi) is 3.75. The maximum atomic E-state index is 10.1. The van der Waals surface area contributed by atoms with Crippen LogP contribution in [0.3, 0.4) is 0 Å². The summed E-state index contributed by atoms with van der Waals surface area (Å²) in [6, 6.07) is 21.2. The van der Waals surface area contributed by atoms with Gasteiger partial charge in [-0.25, -0.2) is 0 Å². The van der Waals surface area contributed by atoms with Gasteiger partial charge in [0.15, 0.2) is 0 Å². The summed E-state index contributed by atoms with van der Waals surface area (Å²) in [5.41, 5.74) is 7.11. The first kappa shape index (κ1) is 13.5. The van der Waals surface area contributed by atoms with E-state index in [4.69, 9.17) is 10.5 Å².